The lowest BCUT2D eigenvalue weighted by Gasteiger charge is -2.09. The maximum absolute atomic E-state index is 11.5. The van der Waals surface area contributed by atoms with Gasteiger partial charge in [-0.05, 0) is 0 Å². The summed E-state index contributed by atoms with van der Waals surface area (Å²) in [5.41, 5.74) is 3.05. The minimum Gasteiger partial charge on any atom is -0.366 e. The van der Waals surface area contributed by atoms with E-state index in [-0.39, 0.29) is 12.3 Å². The molecule has 20 heavy (non-hydrogen) atoms. The predicted molar refractivity (Wildman–Crippen MR) is 76.8 cm³/mol. The van der Waals surface area contributed by atoms with E-state index in [1.54, 1.807) is 29.9 Å². The second kappa shape index (κ2) is 6.03. The average Bonchev–Trinajstić information content (AvgIpc) is 2.86. The molecule has 0 radical (unpaired) electrons. The number of nitrogens with one attached hydrogen (secondary N) is 3. The van der Waals surface area contributed by atoms with Crippen LogP contribution in [0.15, 0.2) is 18.6 Å². The summed E-state index contributed by atoms with van der Waals surface area (Å²) in [5.74, 6) is 6.21. The Balaban J connectivity index is 2.11. The zero-order valence-corrected chi connectivity index (χ0v) is 11.8. The summed E-state index contributed by atoms with van der Waals surface area (Å²) in [6, 6.07) is 0. The number of hydrogen-bond donors (Lipinski definition) is 4. The molecule has 10 heteroatoms. The molecule has 0 saturated carbocycles. The molecule has 0 atom stereocenters. The first-order valence-corrected chi connectivity index (χ1v) is 7.72. The van der Waals surface area contributed by atoms with Crippen molar-refractivity contribution in [1.82, 2.24) is 19.1 Å². The van der Waals surface area contributed by atoms with Crippen molar-refractivity contribution in [2.24, 2.45) is 5.84 Å². The van der Waals surface area contributed by atoms with Gasteiger partial charge in [-0.2, -0.15) is 0 Å². The molecule has 110 valence electrons. The maximum atomic E-state index is 11.5. The van der Waals surface area contributed by atoms with E-state index in [0.29, 0.717) is 23.8 Å². The van der Waals surface area contributed by atoms with Crippen LogP contribution in [0.25, 0.3) is 5.65 Å². The van der Waals surface area contributed by atoms with Crippen molar-refractivity contribution in [3.8, 4) is 0 Å². The lowest BCUT2D eigenvalue weighted by molar-refractivity contribution is 0.584. The van der Waals surface area contributed by atoms with Gasteiger partial charge in [-0.1, -0.05) is 6.92 Å². The van der Waals surface area contributed by atoms with Gasteiger partial charge in [0.15, 0.2) is 17.3 Å². The molecule has 0 aliphatic carbocycles. The molecule has 0 aliphatic rings. The van der Waals surface area contributed by atoms with Crippen LogP contribution in [0, 0.1) is 0 Å². The molecule has 5 N–H and O–H groups in total. The second-order valence-electron chi connectivity index (χ2n) is 4.02. The van der Waals surface area contributed by atoms with Gasteiger partial charge in [0.05, 0.1) is 11.9 Å². The molecule has 2 rings (SSSR count). The van der Waals surface area contributed by atoms with Crippen LogP contribution in [-0.4, -0.2) is 41.6 Å². The van der Waals surface area contributed by atoms with Gasteiger partial charge in [0.2, 0.25) is 10.0 Å². The van der Waals surface area contributed by atoms with E-state index in [2.05, 4.69) is 25.4 Å². The quantitative estimate of drug-likeness (QED) is 0.396. The number of aromatic nitrogens is 3. The Morgan fingerprint density at radius 1 is 1.45 bits per heavy atom. The first-order valence-electron chi connectivity index (χ1n) is 6.07. The molecule has 0 spiro atoms. The third-order valence-electron chi connectivity index (χ3n) is 2.55. The molecular formula is C10H17N7O2S. The summed E-state index contributed by atoms with van der Waals surface area (Å²) < 4.78 is 27.2. The summed E-state index contributed by atoms with van der Waals surface area (Å²) in [6.45, 7) is 2.33. The number of hydrogen-bond acceptors (Lipinski definition) is 7. The van der Waals surface area contributed by atoms with Gasteiger partial charge in [-0.25, -0.2) is 29.0 Å². The minimum atomic E-state index is -3.27. The third kappa shape index (κ3) is 3.35. The van der Waals surface area contributed by atoms with E-state index >= 15 is 0 Å². The Morgan fingerprint density at radius 2 is 2.25 bits per heavy atom. The number of rotatable bonds is 7. The fourth-order valence-electron chi connectivity index (χ4n) is 1.72. The smallest absolute Gasteiger partial charge is 0.213 e. The molecule has 0 aromatic carbocycles. The molecule has 0 aliphatic heterocycles. The van der Waals surface area contributed by atoms with Gasteiger partial charge in [0.25, 0.3) is 0 Å². The van der Waals surface area contributed by atoms with Crippen LogP contribution < -0.4 is 21.3 Å². The average molecular weight is 299 g/mol. The zero-order valence-electron chi connectivity index (χ0n) is 11.0. The number of nitrogen functional groups attached to an aromatic ring is 1. The highest BCUT2D eigenvalue weighted by Crippen LogP contribution is 2.15. The Labute approximate surface area is 116 Å². The number of nitrogens with zero attached hydrogens (tertiary/aromatic N) is 3. The van der Waals surface area contributed by atoms with Crippen LogP contribution in [-0.2, 0) is 10.0 Å². The van der Waals surface area contributed by atoms with Gasteiger partial charge in [0, 0.05) is 25.5 Å². The standard InChI is InChI=1S/C10H17N7O2S/c1-2-14-20(18,19)6-4-12-9-10-13-3-5-17(10)7-8(15-9)16-11/h3,5,7,14,16H,2,4,6,11H2,1H3,(H,12,15). The van der Waals surface area contributed by atoms with E-state index in [1.807, 2.05) is 0 Å². The van der Waals surface area contributed by atoms with Crippen molar-refractivity contribution in [2.75, 3.05) is 29.6 Å². The van der Waals surface area contributed by atoms with E-state index in [4.69, 9.17) is 5.84 Å². The van der Waals surface area contributed by atoms with E-state index < -0.39 is 10.0 Å². The molecular weight excluding hydrogens is 282 g/mol. The summed E-state index contributed by atoms with van der Waals surface area (Å²) >= 11 is 0. The Kier molecular flexibility index (Phi) is 4.37. The molecule has 9 nitrogen and oxygen atoms in total. The van der Waals surface area contributed by atoms with E-state index in [1.165, 1.54) is 0 Å². The fraction of sp³-hybridized carbons (Fsp3) is 0.400. The van der Waals surface area contributed by atoms with Crippen molar-refractivity contribution in [2.45, 2.75) is 6.92 Å². The van der Waals surface area contributed by atoms with Gasteiger partial charge in [-0.15, -0.1) is 0 Å². The highest BCUT2D eigenvalue weighted by atomic mass is 32.2. The second-order valence-corrected chi connectivity index (χ2v) is 5.95. The number of anilines is 2. The molecule has 0 fully saturated rings. The largest absolute Gasteiger partial charge is 0.366 e. The molecule has 2 heterocycles. The summed E-state index contributed by atoms with van der Waals surface area (Å²) in [4.78, 5) is 8.36. The van der Waals surface area contributed by atoms with Crippen molar-refractivity contribution < 1.29 is 8.42 Å². The fourth-order valence-corrected chi connectivity index (χ4v) is 2.67. The first kappa shape index (κ1) is 14.5. The minimum absolute atomic E-state index is 0.0460. The van der Waals surface area contributed by atoms with E-state index in [9.17, 15) is 8.42 Å². The SMILES string of the molecule is CCNS(=O)(=O)CCNc1nc(NN)cn2ccnc12. The van der Waals surface area contributed by atoms with Crippen LogP contribution in [0.3, 0.4) is 0 Å². The number of imidazole rings is 1. The maximum Gasteiger partial charge on any atom is 0.213 e. The van der Waals surface area contributed by atoms with Crippen molar-refractivity contribution in [1.29, 1.82) is 0 Å². The monoisotopic (exact) mass is 299 g/mol. The third-order valence-corrected chi connectivity index (χ3v) is 4.02. The van der Waals surface area contributed by atoms with Gasteiger partial charge in [0.1, 0.15) is 0 Å². The summed E-state index contributed by atoms with van der Waals surface area (Å²) in [5, 5.41) is 2.95. The number of nitrogens with two attached hydrogens (primary N) is 1. The molecule has 2 aromatic heterocycles. The molecule has 0 saturated heterocycles. The zero-order chi connectivity index (χ0) is 14.6. The molecule has 2 aromatic rings. The summed E-state index contributed by atoms with van der Waals surface area (Å²) in [6.07, 6.45) is 5.05. The number of fused-ring (bicyclic) bond motifs is 1. The van der Waals surface area contributed by atoms with Crippen LogP contribution in [0.5, 0.6) is 0 Å². The highest BCUT2D eigenvalue weighted by molar-refractivity contribution is 7.89. The van der Waals surface area contributed by atoms with Crippen LogP contribution in [0.1, 0.15) is 6.92 Å². The number of hydrazine groups is 1. The van der Waals surface area contributed by atoms with Crippen molar-refractivity contribution in [3.05, 3.63) is 18.6 Å². The Hall–Kier alpha value is -1.91. The molecule has 0 unspecified atom stereocenters. The number of sulfonamides is 1. The van der Waals surface area contributed by atoms with Gasteiger partial charge >= 0.3 is 0 Å². The van der Waals surface area contributed by atoms with Gasteiger partial charge in [-0.3, -0.25) is 0 Å². The van der Waals surface area contributed by atoms with Gasteiger partial charge < -0.3 is 15.1 Å². The molecule has 0 amide bonds. The topological polar surface area (TPSA) is 126 Å². The van der Waals surface area contributed by atoms with Crippen molar-refractivity contribution in [3.63, 3.8) is 0 Å². The Morgan fingerprint density at radius 3 is 2.95 bits per heavy atom. The first-order chi connectivity index (χ1) is 9.55. The normalized spacial score (nSPS) is 11.7. The highest BCUT2D eigenvalue weighted by Gasteiger charge is 2.10. The molecule has 0 bridgehead atoms. The summed E-state index contributed by atoms with van der Waals surface area (Å²) in [7, 11) is -3.27. The Bertz CT molecular complexity index is 682. The van der Waals surface area contributed by atoms with Crippen LogP contribution in [0.2, 0.25) is 0 Å². The lowest BCUT2D eigenvalue weighted by Crippen LogP contribution is -2.29. The van der Waals surface area contributed by atoms with Crippen molar-refractivity contribution >= 4 is 27.3 Å². The lowest BCUT2D eigenvalue weighted by atomic mass is 10.5. The predicted octanol–water partition coefficient (Wildman–Crippen LogP) is -0.634. The van der Waals surface area contributed by atoms with Crippen LogP contribution >= 0.6 is 0 Å². The van der Waals surface area contributed by atoms with Crippen LogP contribution in [0.4, 0.5) is 11.6 Å². The van der Waals surface area contributed by atoms with E-state index in [0.717, 1.165) is 0 Å².